The molecule has 1 atom stereocenters. The third-order valence-corrected chi connectivity index (χ3v) is 1.15. The third-order valence-electron chi connectivity index (χ3n) is 1.15. The summed E-state index contributed by atoms with van der Waals surface area (Å²) in [5, 5.41) is 0. The van der Waals surface area contributed by atoms with Gasteiger partial charge in [-0.2, -0.15) is 0 Å². The number of ether oxygens (including phenoxy) is 2. The summed E-state index contributed by atoms with van der Waals surface area (Å²) in [7, 11) is 0. The van der Waals surface area contributed by atoms with Crippen LogP contribution < -0.4 is 0 Å². The molecule has 1 saturated heterocycles. The first-order valence-electron chi connectivity index (χ1n) is 3.92. The van der Waals surface area contributed by atoms with E-state index < -0.39 is 0 Å². The van der Waals surface area contributed by atoms with E-state index in [9.17, 15) is 0 Å². The van der Waals surface area contributed by atoms with Gasteiger partial charge in [0.1, 0.15) is 0 Å². The van der Waals surface area contributed by atoms with Crippen molar-refractivity contribution >= 4 is 0 Å². The molecule has 0 aromatic heterocycles. The molecule has 1 fully saturated rings. The predicted octanol–water partition coefficient (Wildman–Crippen LogP) is 2.18. The van der Waals surface area contributed by atoms with Crippen LogP contribution in [-0.4, -0.2) is 18.5 Å². The largest absolute Gasteiger partial charge is 0.348 e. The fraction of sp³-hybridized carbons (Fsp3) is 1.00. The normalized spacial score (nSPS) is 29.1. The molecular formula is C8H18O2. The van der Waals surface area contributed by atoms with Crippen molar-refractivity contribution in [1.29, 1.82) is 0 Å². The van der Waals surface area contributed by atoms with E-state index in [0.29, 0.717) is 0 Å². The minimum absolute atomic E-state index is 0.269. The lowest BCUT2D eigenvalue weighted by Gasteiger charge is -2.15. The standard InChI is InChI=1S/C6H12O2.C2H6/c1-5-4-7-6(2,3)8-5;1-2/h5H,4H2,1-3H3;1-2H3. The molecule has 0 aromatic carbocycles. The average Bonchev–Trinajstić information content (AvgIpc) is 2.15. The van der Waals surface area contributed by atoms with Gasteiger partial charge in [-0.3, -0.25) is 0 Å². The second kappa shape index (κ2) is 3.94. The van der Waals surface area contributed by atoms with Crippen LogP contribution in [0.5, 0.6) is 0 Å². The summed E-state index contributed by atoms with van der Waals surface area (Å²) in [6.45, 7) is 10.6. The van der Waals surface area contributed by atoms with Gasteiger partial charge in [0, 0.05) is 0 Å². The molecule has 1 heterocycles. The predicted molar refractivity (Wildman–Crippen MR) is 41.9 cm³/mol. The quantitative estimate of drug-likeness (QED) is 0.521. The Balaban J connectivity index is 0.000000371. The molecule has 0 aliphatic carbocycles. The van der Waals surface area contributed by atoms with E-state index in [1.54, 1.807) is 0 Å². The van der Waals surface area contributed by atoms with Crippen LogP contribution in [0.3, 0.4) is 0 Å². The molecule has 1 unspecified atom stereocenters. The van der Waals surface area contributed by atoms with Gasteiger partial charge >= 0.3 is 0 Å². The van der Waals surface area contributed by atoms with Gasteiger partial charge in [-0.05, 0) is 20.8 Å². The van der Waals surface area contributed by atoms with Crippen molar-refractivity contribution in [3.63, 3.8) is 0 Å². The van der Waals surface area contributed by atoms with Crippen LogP contribution in [0.4, 0.5) is 0 Å². The van der Waals surface area contributed by atoms with Gasteiger partial charge in [-0.15, -0.1) is 0 Å². The highest BCUT2D eigenvalue weighted by molar-refractivity contribution is 4.65. The lowest BCUT2D eigenvalue weighted by atomic mass is 10.4. The van der Waals surface area contributed by atoms with E-state index in [1.807, 2.05) is 34.6 Å². The van der Waals surface area contributed by atoms with Crippen LogP contribution in [0.25, 0.3) is 0 Å². The van der Waals surface area contributed by atoms with Gasteiger partial charge in [0.05, 0.1) is 12.7 Å². The summed E-state index contributed by atoms with van der Waals surface area (Å²) >= 11 is 0. The van der Waals surface area contributed by atoms with E-state index in [2.05, 4.69) is 0 Å². The topological polar surface area (TPSA) is 18.5 Å². The van der Waals surface area contributed by atoms with Crippen molar-refractivity contribution in [2.75, 3.05) is 6.61 Å². The molecule has 0 bridgehead atoms. The van der Waals surface area contributed by atoms with Crippen LogP contribution in [0.15, 0.2) is 0 Å². The molecule has 0 aromatic rings. The van der Waals surface area contributed by atoms with Gasteiger partial charge in [-0.25, -0.2) is 0 Å². The van der Waals surface area contributed by atoms with Crippen LogP contribution in [0, 0.1) is 0 Å². The lowest BCUT2D eigenvalue weighted by molar-refractivity contribution is -0.136. The molecule has 10 heavy (non-hydrogen) atoms. The van der Waals surface area contributed by atoms with Crippen LogP contribution in [-0.2, 0) is 9.47 Å². The molecule has 2 heteroatoms. The van der Waals surface area contributed by atoms with E-state index in [1.165, 1.54) is 0 Å². The number of hydrogen-bond donors (Lipinski definition) is 0. The zero-order valence-electron chi connectivity index (χ0n) is 7.60. The maximum Gasteiger partial charge on any atom is 0.163 e. The maximum atomic E-state index is 5.33. The van der Waals surface area contributed by atoms with Crippen molar-refractivity contribution in [2.24, 2.45) is 0 Å². The first-order valence-corrected chi connectivity index (χ1v) is 3.92. The Bertz CT molecular complexity index is 89.3. The van der Waals surface area contributed by atoms with Crippen molar-refractivity contribution in [2.45, 2.75) is 46.5 Å². The second-order valence-corrected chi connectivity index (χ2v) is 2.64. The van der Waals surface area contributed by atoms with Crippen molar-refractivity contribution in [3.05, 3.63) is 0 Å². The molecule has 1 aliphatic heterocycles. The fourth-order valence-corrected chi connectivity index (χ4v) is 0.871. The Kier molecular flexibility index (Phi) is 3.91. The Labute approximate surface area is 63.5 Å². The molecule has 0 N–H and O–H groups in total. The van der Waals surface area contributed by atoms with Gasteiger partial charge in [0.2, 0.25) is 0 Å². The highest BCUT2D eigenvalue weighted by Gasteiger charge is 2.29. The first kappa shape index (κ1) is 9.92. The van der Waals surface area contributed by atoms with Gasteiger partial charge < -0.3 is 9.47 Å². The monoisotopic (exact) mass is 146 g/mol. The number of rotatable bonds is 0. The van der Waals surface area contributed by atoms with Crippen molar-refractivity contribution in [3.8, 4) is 0 Å². The summed E-state index contributed by atoms with van der Waals surface area (Å²) in [5.41, 5.74) is 0. The summed E-state index contributed by atoms with van der Waals surface area (Å²) in [4.78, 5) is 0. The van der Waals surface area contributed by atoms with Crippen molar-refractivity contribution < 1.29 is 9.47 Å². The smallest absolute Gasteiger partial charge is 0.163 e. The zero-order chi connectivity index (χ0) is 8.20. The summed E-state index contributed by atoms with van der Waals surface area (Å²) < 4.78 is 10.6. The molecule has 2 nitrogen and oxygen atoms in total. The molecule has 1 rings (SSSR count). The Morgan fingerprint density at radius 1 is 1.30 bits per heavy atom. The molecular weight excluding hydrogens is 128 g/mol. The second-order valence-electron chi connectivity index (χ2n) is 2.64. The van der Waals surface area contributed by atoms with Gasteiger partial charge in [0.15, 0.2) is 5.79 Å². The molecule has 0 saturated carbocycles. The van der Waals surface area contributed by atoms with Gasteiger partial charge in [-0.1, -0.05) is 13.8 Å². The Morgan fingerprint density at radius 3 is 1.90 bits per heavy atom. The third kappa shape index (κ3) is 3.18. The highest BCUT2D eigenvalue weighted by atomic mass is 16.7. The van der Waals surface area contributed by atoms with E-state index >= 15 is 0 Å². The Morgan fingerprint density at radius 2 is 1.80 bits per heavy atom. The van der Waals surface area contributed by atoms with Crippen LogP contribution in [0.2, 0.25) is 0 Å². The maximum absolute atomic E-state index is 5.33. The van der Waals surface area contributed by atoms with E-state index in [4.69, 9.17) is 9.47 Å². The lowest BCUT2D eigenvalue weighted by Crippen LogP contribution is -2.20. The Hall–Kier alpha value is -0.0800. The summed E-state index contributed by atoms with van der Waals surface area (Å²) in [6.07, 6.45) is 0.269. The minimum Gasteiger partial charge on any atom is -0.348 e. The van der Waals surface area contributed by atoms with E-state index in [0.717, 1.165) is 6.61 Å². The van der Waals surface area contributed by atoms with Crippen molar-refractivity contribution in [1.82, 2.24) is 0 Å². The molecule has 1 aliphatic rings. The van der Waals surface area contributed by atoms with E-state index in [-0.39, 0.29) is 11.9 Å². The molecule has 0 amide bonds. The average molecular weight is 146 g/mol. The minimum atomic E-state index is -0.334. The molecule has 0 radical (unpaired) electrons. The zero-order valence-corrected chi connectivity index (χ0v) is 7.60. The fourth-order valence-electron chi connectivity index (χ4n) is 0.871. The van der Waals surface area contributed by atoms with Crippen LogP contribution >= 0.6 is 0 Å². The molecule has 0 spiro atoms. The summed E-state index contributed by atoms with van der Waals surface area (Å²) in [6, 6.07) is 0. The first-order chi connectivity index (χ1) is 4.60. The molecule has 62 valence electrons. The number of hydrogen-bond acceptors (Lipinski definition) is 2. The van der Waals surface area contributed by atoms with Crippen LogP contribution in [0.1, 0.15) is 34.6 Å². The SMILES string of the molecule is CC.CC1COC(C)(C)O1. The summed E-state index contributed by atoms with van der Waals surface area (Å²) in [5.74, 6) is -0.334. The van der Waals surface area contributed by atoms with Gasteiger partial charge in [0.25, 0.3) is 0 Å². The highest BCUT2D eigenvalue weighted by Crippen LogP contribution is 2.21.